The van der Waals surface area contributed by atoms with Gasteiger partial charge in [-0.2, -0.15) is 0 Å². The van der Waals surface area contributed by atoms with E-state index in [1.54, 1.807) is 0 Å². The van der Waals surface area contributed by atoms with Crippen molar-refractivity contribution in [3.63, 3.8) is 0 Å². The molecule has 0 spiro atoms. The van der Waals surface area contributed by atoms with Crippen LogP contribution in [0, 0.1) is 0 Å². The number of aliphatic hydroxyl groups excluding tert-OH is 1. The lowest BCUT2D eigenvalue weighted by Gasteiger charge is -2.11. The molecule has 1 heterocycles. The second-order valence-corrected chi connectivity index (χ2v) is 4.47. The zero-order chi connectivity index (χ0) is 13.8. The lowest BCUT2D eigenvalue weighted by atomic mass is 10.1. The normalized spacial score (nSPS) is 12.6. The van der Waals surface area contributed by atoms with Crippen LogP contribution >= 0.6 is 0 Å². The van der Waals surface area contributed by atoms with Gasteiger partial charge in [0.2, 0.25) is 5.91 Å². The number of hydrogen-bond acceptors (Lipinski definition) is 3. The fourth-order valence-corrected chi connectivity index (χ4v) is 2.14. The van der Waals surface area contributed by atoms with Gasteiger partial charge < -0.3 is 19.7 Å². The maximum atomic E-state index is 11.3. The van der Waals surface area contributed by atoms with Crippen LogP contribution in [0.4, 0.5) is 0 Å². The summed E-state index contributed by atoms with van der Waals surface area (Å²) in [5.41, 5.74) is 1.87. The summed E-state index contributed by atoms with van der Waals surface area (Å²) in [6.45, 7) is 0.179. The fraction of sp³-hybridized carbons (Fsp3) is 0.357. The van der Waals surface area contributed by atoms with E-state index in [2.05, 4.69) is 5.32 Å². The number of nitrogens with zero attached hydrogens (tertiary/aromatic N) is 1. The van der Waals surface area contributed by atoms with Crippen LogP contribution < -0.4 is 5.32 Å². The highest BCUT2D eigenvalue weighted by Gasteiger charge is 2.15. The summed E-state index contributed by atoms with van der Waals surface area (Å²) in [4.78, 5) is 11.3. The fourth-order valence-electron chi connectivity index (χ4n) is 2.14. The van der Waals surface area contributed by atoms with Crippen LogP contribution in [0.1, 0.15) is 11.7 Å². The third-order valence-electron chi connectivity index (χ3n) is 3.05. The summed E-state index contributed by atoms with van der Waals surface area (Å²) in [6, 6.07) is 7.85. The van der Waals surface area contributed by atoms with Crippen molar-refractivity contribution in [1.29, 1.82) is 0 Å². The molecule has 2 aromatic rings. The van der Waals surface area contributed by atoms with Crippen molar-refractivity contribution >= 4 is 16.8 Å². The molecule has 0 radical (unpaired) electrons. The van der Waals surface area contributed by atoms with Gasteiger partial charge in [-0.25, -0.2) is 0 Å². The number of carbonyl (C=O) groups excluding carboxylic acids is 1. The van der Waals surface area contributed by atoms with Crippen LogP contribution in [0.25, 0.3) is 10.9 Å². The Morgan fingerprint density at radius 1 is 1.47 bits per heavy atom. The van der Waals surface area contributed by atoms with Crippen molar-refractivity contribution in [2.24, 2.45) is 7.05 Å². The van der Waals surface area contributed by atoms with Gasteiger partial charge in [-0.1, -0.05) is 18.2 Å². The third kappa shape index (κ3) is 2.94. The monoisotopic (exact) mass is 262 g/mol. The van der Waals surface area contributed by atoms with Crippen molar-refractivity contribution in [1.82, 2.24) is 9.88 Å². The Labute approximate surface area is 111 Å². The van der Waals surface area contributed by atoms with E-state index in [9.17, 15) is 9.90 Å². The molecule has 0 fully saturated rings. The lowest BCUT2D eigenvalue weighted by Crippen LogP contribution is -2.31. The third-order valence-corrected chi connectivity index (χ3v) is 3.05. The van der Waals surface area contributed by atoms with Gasteiger partial charge in [0, 0.05) is 43.4 Å². The average Bonchev–Trinajstić information content (AvgIpc) is 2.75. The van der Waals surface area contributed by atoms with Gasteiger partial charge in [-0.3, -0.25) is 4.79 Å². The van der Waals surface area contributed by atoms with Crippen molar-refractivity contribution in [3.8, 4) is 0 Å². The van der Waals surface area contributed by atoms with Crippen LogP contribution in [-0.2, 0) is 16.6 Å². The van der Waals surface area contributed by atoms with Gasteiger partial charge in [0.05, 0.1) is 6.10 Å². The van der Waals surface area contributed by atoms with E-state index in [1.165, 1.54) is 7.11 Å². The molecule has 5 nitrogen and oxygen atoms in total. The number of benzene rings is 1. The number of ether oxygens (including phenoxy) is 1. The minimum absolute atomic E-state index is 0.00224. The molecule has 1 unspecified atom stereocenters. The van der Waals surface area contributed by atoms with Crippen molar-refractivity contribution in [2.75, 3.05) is 20.3 Å². The highest BCUT2D eigenvalue weighted by molar-refractivity contribution is 5.84. The Kier molecular flexibility index (Phi) is 4.19. The maximum absolute atomic E-state index is 11.3. The van der Waals surface area contributed by atoms with Crippen molar-refractivity contribution < 1.29 is 14.6 Å². The van der Waals surface area contributed by atoms with Crippen LogP contribution in [0.5, 0.6) is 0 Å². The number of nitrogens with one attached hydrogen (secondary N) is 1. The zero-order valence-corrected chi connectivity index (χ0v) is 11.1. The first kappa shape index (κ1) is 13.6. The first-order valence-corrected chi connectivity index (χ1v) is 6.11. The molecule has 0 saturated heterocycles. The Morgan fingerprint density at radius 3 is 2.95 bits per heavy atom. The van der Waals surface area contributed by atoms with E-state index in [-0.39, 0.29) is 19.1 Å². The molecule has 0 aliphatic carbocycles. The highest BCUT2D eigenvalue weighted by Crippen LogP contribution is 2.25. The summed E-state index contributed by atoms with van der Waals surface area (Å²) in [5, 5.41) is 13.8. The van der Waals surface area contributed by atoms with Gasteiger partial charge in [0.1, 0.15) is 6.61 Å². The molecule has 0 aliphatic heterocycles. The molecule has 0 aliphatic rings. The number of aromatic nitrogens is 1. The molecule has 2 rings (SSSR count). The van der Waals surface area contributed by atoms with Gasteiger partial charge in [-0.15, -0.1) is 0 Å². The van der Waals surface area contributed by atoms with Crippen LogP contribution in [0.2, 0.25) is 0 Å². The van der Waals surface area contributed by atoms with Crippen LogP contribution in [0.15, 0.2) is 30.5 Å². The molecule has 1 atom stereocenters. The molecule has 19 heavy (non-hydrogen) atoms. The average molecular weight is 262 g/mol. The van der Waals surface area contributed by atoms with E-state index in [4.69, 9.17) is 4.74 Å². The van der Waals surface area contributed by atoms with Crippen molar-refractivity contribution in [3.05, 3.63) is 36.0 Å². The molecule has 1 aromatic carbocycles. The topological polar surface area (TPSA) is 63.5 Å². The standard InChI is InChI=1S/C14H18N2O3/c1-16-8-11(10-5-3-4-6-12(10)16)13(17)7-15-14(18)9-19-2/h3-6,8,13,17H,7,9H2,1-2H3,(H,15,18). The smallest absolute Gasteiger partial charge is 0.246 e. The summed E-state index contributed by atoms with van der Waals surface area (Å²) in [5.74, 6) is -0.234. The van der Waals surface area contributed by atoms with Gasteiger partial charge >= 0.3 is 0 Å². The molecule has 0 bridgehead atoms. The molecule has 1 amide bonds. The predicted molar refractivity (Wildman–Crippen MR) is 72.8 cm³/mol. The van der Waals surface area contributed by atoms with E-state index in [0.717, 1.165) is 16.5 Å². The lowest BCUT2D eigenvalue weighted by molar-refractivity contribution is -0.125. The minimum atomic E-state index is -0.730. The number of carbonyl (C=O) groups is 1. The van der Waals surface area contributed by atoms with E-state index < -0.39 is 6.10 Å². The largest absolute Gasteiger partial charge is 0.386 e. The summed E-state index contributed by atoms with van der Waals surface area (Å²) >= 11 is 0. The zero-order valence-electron chi connectivity index (χ0n) is 11.1. The summed E-state index contributed by atoms with van der Waals surface area (Å²) < 4.78 is 6.68. The molecule has 5 heteroatoms. The SMILES string of the molecule is COCC(=O)NCC(O)c1cn(C)c2ccccc12. The summed E-state index contributed by atoms with van der Waals surface area (Å²) in [6.07, 6.45) is 1.16. The van der Waals surface area contributed by atoms with Gasteiger partial charge in [-0.05, 0) is 6.07 Å². The molecule has 1 aromatic heterocycles. The quantitative estimate of drug-likeness (QED) is 0.844. The molecular weight excluding hydrogens is 244 g/mol. The van der Waals surface area contributed by atoms with E-state index in [1.807, 2.05) is 42.1 Å². The highest BCUT2D eigenvalue weighted by atomic mass is 16.5. The number of para-hydroxylation sites is 1. The number of methoxy groups -OCH3 is 1. The first-order valence-electron chi connectivity index (χ1n) is 6.11. The number of aryl methyl sites for hydroxylation is 1. The van der Waals surface area contributed by atoms with Crippen LogP contribution in [0.3, 0.4) is 0 Å². The maximum Gasteiger partial charge on any atom is 0.246 e. The second kappa shape index (κ2) is 5.86. The Balaban J connectivity index is 2.13. The predicted octanol–water partition coefficient (Wildman–Crippen LogP) is 0.974. The number of fused-ring (bicyclic) bond motifs is 1. The van der Waals surface area contributed by atoms with E-state index in [0.29, 0.717) is 0 Å². The Bertz CT molecular complexity index is 577. The van der Waals surface area contributed by atoms with E-state index >= 15 is 0 Å². The molecular formula is C14H18N2O3. The van der Waals surface area contributed by atoms with Gasteiger partial charge in [0.15, 0.2) is 0 Å². The number of amides is 1. The number of aliphatic hydroxyl groups is 1. The Hall–Kier alpha value is -1.85. The minimum Gasteiger partial charge on any atom is -0.386 e. The van der Waals surface area contributed by atoms with Crippen molar-refractivity contribution in [2.45, 2.75) is 6.10 Å². The number of rotatable bonds is 5. The molecule has 0 saturated carbocycles. The summed E-state index contributed by atoms with van der Waals surface area (Å²) in [7, 11) is 3.39. The van der Waals surface area contributed by atoms with Gasteiger partial charge in [0.25, 0.3) is 0 Å². The molecule has 102 valence electrons. The van der Waals surface area contributed by atoms with Crippen LogP contribution in [-0.4, -0.2) is 35.8 Å². The molecule has 2 N–H and O–H groups in total. The second-order valence-electron chi connectivity index (χ2n) is 4.47. The number of hydrogen-bond donors (Lipinski definition) is 2. The Morgan fingerprint density at radius 2 is 2.21 bits per heavy atom. The first-order chi connectivity index (χ1) is 9.13.